The summed E-state index contributed by atoms with van der Waals surface area (Å²) in [5.74, 6) is 1.47. The SMILES string of the molecule is CCCC(NC(=O)CCOc1ccccc1)c1nnc2ccccn12. The minimum Gasteiger partial charge on any atom is -0.493 e. The molecule has 0 aliphatic carbocycles. The van der Waals surface area contributed by atoms with Crippen molar-refractivity contribution in [3.8, 4) is 5.75 Å². The largest absolute Gasteiger partial charge is 0.493 e. The van der Waals surface area contributed by atoms with Gasteiger partial charge in [-0.05, 0) is 30.7 Å². The predicted molar refractivity (Wildman–Crippen MR) is 95.3 cm³/mol. The number of carbonyl (C=O) groups is 1. The van der Waals surface area contributed by atoms with Gasteiger partial charge in [0.2, 0.25) is 5.91 Å². The van der Waals surface area contributed by atoms with Crippen molar-refractivity contribution in [3.63, 3.8) is 0 Å². The second kappa shape index (κ2) is 8.28. The van der Waals surface area contributed by atoms with E-state index in [1.165, 1.54) is 0 Å². The smallest absolute Gasteiger partial charge is 0.224 e. The second-order valence-corrected chi connectivity index (χ2v) is 5.81. The molecular formula is C19H22N4O2. The second-order valence-electron chi connectivity index (χ2n) is 5.81. The number of hydrogen-bond acceptors (Lipinski definition) is 4. The highest BCUT2D eigenvalue weighted by Crippen LogP contribution is 2.18. The maximum absolute atomic E-state index is 12.3. The van der Waals surface area contributed by atoms with Crippen LogP contribution in [-0.2, 0) is 4.79 Å². The number of amides is 1. The van der Waals surface area contributed by atoms with Crippen molar-refractivity contribution in [2.75, 3.05) is 6.61 Å². The molecule has 0 bridgehead atoms. The minimum absolute atomic E-state index is 0.0536. The Balaban J connectivity index is 1.60. The molecule has 0 aliphatic heterocycles. The standard InChI is InChI=1S/C19H22N4O2/c1-2-8-16(19-22-21-17-11-6-7-13-23(17)19)20-18(24)12-14-25-15-9-4-3-5-10-15/h3-7,9-11,13,16H,2,8,12,14H2,1H3,(H,20,24). The average Bonchev–Trinajstić information content (AvgIpc) is 3.06. The number of pyridine rings is 1. The molecule has 130 valence electrons. The molecule has 1 unspecified atom stereocenters. The Hall–Kier alpha value is -2.89. The molecule has 0 spiro atoms. The lowest BCUT2D eigenvalue weighted by Crippen LogP contribution is -2.30. The van der Waals surface area contributed by atoms with Gasteiger partial charge in [-0.25, -0.2) is 0 Å². The summed E-state index contributed by atoms with van der Waals surface area (Å²) in [7, 11) is 0. The maximum Gasteiger partial charge on any atom is 0.224 e. The molecule has 0 radical (unpaired) electrons. The van der Waals surface area contributed by atoms with Crippen molar-refractivity contribution in [1.29, 1.82) is 0 Å². The summed E-state index contributed by atoms with van der Waals surface area (Å²) in [5, 5.41) is 11.5. The molecule has 25 heavy (non-hydrogen) atoms. The predicted octanol–water partition coefficient (Wildman–Crippen LogP) is 3.16. The third-order valence-corrected chi connectivity index (χ3v) is 3.91. The Bertz CT molecular complexity index is 816. The fourth-order valence-electron chi connectivity index (χ4n) is 2.70. The number of para-hydroxylation sites is 1. The van der Waals surface area contributed by atoms with Gasteiger partial charge in [-0.2, -0.15) is 0 Å². The summed E-state index contributed by atoms with van der Waals surface area (Å²) < 4.78 is 7.50. The summed E-state index contributed by atoms with van der Waals surface area (Å²) in [4.78, 5) is 12.3. The number of nitrogens with zero attached hydrogens (tertiary/aromatic N) is 3. The number of benzene rings is 1. The highest BCUT2D eigenvalue weighted by atomic mass is 16.5. The fraction of sp³-hybridized carbons (Fsp3) is 0.316. The Labute approximate surface area is 146 Å². The highest BCUT2D eigenvalue weighted by Gasteiger charge is 2.19. The van der Waals surface area contributed by atoms with Gasteiger partial charge in [-0.3, -0.25) is 9.20 Å². The fourth-order valence-corrected chi connectivity index (χ4v) is 2.70. The lowest BCUT2D eigenvalue weighted by atomic mass is 10.1. The van der Waals surface area contributed by atoms with Crippen molar-refractivity contribution < 1.29 is 9.53 Å². The van der Waals surface area contributed by atoms with E-state index in [1.807, 2.05) is 59.1 Å². The molecule has 1 atom stereocenters. The third kappa shape index (κ3) is 4.35. The molecule has 6 nitrogen and oxygen atoms in total. The first-order valence-corrected chi connectivity index (χ1v) is 8.55. The van der Waals surface area contributed by atoms with Crippen molar-refractivity contribution in [1.82, 2.24) is 19.9 Å². The molecule has 0 saturated heterocycles. The van der Waals surface area contributed by atoms with E-state index in [4.69, 9.17) is 4.74 Å². The molecule has 0 saturated carbocycles. The number of rotatable bonds is 8. The number of ether oxygens (including phenoxy) is 1. The van der Waals surface area contributed by atoms with Crippen LogP contribution in [0.25, 0.3) is 5.65 Å². The summed E-state index contributed by atoms with van der Waals surface area (Å²) in [6, 6.07) is 15.1. The van der Waals surface area contributed by atoms with Gasteiger partial charge < -0.3 is 10.1 Å². The van der Waals surface area contributed by atoms with Crippen LogP contribution in [0.15, 0.2) is 54.7 Å². The van der Waals surface area contributed by atoms with Crippen LogP contribution < -0.4 is 10.1 Å². The molecular weight excluding hydrogens is 316 g/mol. The van der Waals surface area contributed by atoms with Gasteiger partial charge in [0, 0.05) is 6.20 Å². The number of nitrogens with one attached hydrogen (secondary N) is 1. The first kappa shape index (κ1) is 17.0. The van der Waals surface area contributed by atoms with Crippen LogP contribution in [0.2, 0.25) is 0 Å². The molecule has 0 aliphatic rings. The zero-order valence-electron chi connectivity index (χ0n) is 14.3. The molecule has 0 fully saturated rings. The zero-order valence-corrected chi connectivity index (χ0v) is 14.3. The van der Waals surface area contributed by atoms with E-state index in [0.717, 1.165) is 30.1 Å². The average molecular weight is 338 g/mol. The van der Waals surface area contributed by atoms with E-state index in [1.54, 1.807) is 0 Å². The zero-order chi connectivity index (χ0) is 17.5. The topological polar surface area (TPSA) is 68.5 Å². The minimum atomic E-state index is -0.161. The molecule has 2 aromatic heterocycles. The van der Waals surface area contributed by atoms with Crippen molar-refractivity contribution in [3.05, 3.63) is 60.6 Å². The lowest BCUT2D eigenvalue weighted by molar-refractivity contribution is -0.122. The quantitative estimate of drug-likeness (QED) is 0.685. The van der Waals surface area contributed by atoms with Gasteiger partial charge in [-0.15, -0.1) is 10.2 Å². The van der Waals surface area contributed by atoms with Crippen LogP contribution in [0.5, 0.6) is 5.75 Å². The van der Waals surface area contributed by atoms with Gasteiger partial charge in [-0.1, -0.05) is 37.6 Å². The number of hydrogen-bond donors (Lipinski definition) is 1. The summed E-state index contributed by atoms with van der Waals surface area (Å²) >= 11 is 0. The summed E-state index contributed by atoms with van der Waals surface area (Å²) in [6.45, 7) is 2.43. The van der Waals surface area contributed by atoms with E-state index in [9.17, 15) is 4.79 Å². The van der Waals surface area contributed by atoms with E-state index < -0.39 is 0 Å². The Kier molecular flexibility index (Phi) is 5.61. The van der Waals surface area contributed by atoms with Gasteiger partial charge in [0.15, 0.2) is 11.5 Å². The number of fused-ring (bicyclic) bond motifs is 1. The van der Waals surface area contributed by atoms with Crippen LogP contribution >= 0.6 is 0 Å². The molecule has 1 N–H and O–H groups in total. The van der Waals surface area contributed by atoms with Crippen LogP contribution in [0.4, 0.5) is 0 Å². The number of carbonyl (C=O) groups excluding carboxylic acids is 1. The molecule has 1 amide bonds. The van der Waals surface area contributed by atoms with E-state index in [0.29, 0.717) is 13.0 Å². The van der Waals surface area contributed by atoms with Gasteiger partial charge in [0.05, 0.1) is 19.1 Å². The first-order chi connectivity index (χ1) is 12.3. The third-order valence-electron chi connectivity index (χ3n) is 3.91. The summed E-state index contributed by atoms with van der Waals surface area (Å²) in [5.41, 5.74) is 0.778. The van der Waals surface area contributed by atoms with E-state index >= 15 is 0 Å². The monoisotopic (exact) mass is 338 g/mol. The van der Waals surface area contributed by atoms with Crippen molar-refractivity contribution in [2.24, 2.45) is 0 Å². The van der Waals surface area contributed by atoms with Crippen LogP contribution in [0.1, 0.15) is 38.1 Å². The van der Waals surface area contributed by atoms with E-state index in [2.05, 4.69) is 22.4 Å². The highest BCUT2D eigenvalue weighted by molar-refractivity contribution is 5.76. The normalized spacial score (nSPS) is 12.0. The molecule has 1 aromatic carbocycles. The Morgan fingerprint density at radius 2 is 1.96 bits per heavy atom. The number of aromatic nitrogens is 3. The molecule has 3 aromatic rings. The Morgan fingerprint density at radius 3 is 2.76 bits per heavy atom. The van der Waals surface area contributed by atoms with Gasteiger partial charge in [0.25, 0.3) is 0 Å². The van der Waals surface area contributed by atoms with Crippen LogP contribution in [-0.4, -0.2) is 27.1 Å². The molecule has 3 rings (SSSR count). The van der Waals surface area contributed by atoms with Crippen molar-refractivity contribution >= 4 is 11.6 Å². The van der Waals surface area contributed by atoms with Crippen LogP contribution in [0, 0.1) is 0 Å². The van der Waals surface area contributed by atoms with Crippen molar-refractivity contribution in [2.45, 2.75) is 32.2 Å². The molecule has 6 heteroatoms. The lowest BCUT2D eigenvalue weighted by Gasteiger charge is -2.16. The maximum atomic E-state index is 12.3. The molecule has 2 heterocycles. The van der Waals surface area contributed by atoms with Crippen LogP contribution in [0.3, 0.4) is 0 Å². The summed E-state index contributed by atoms with van der Waals surface area (Å²) in [6.07, 6.45) is 3.96. The first-order valence-electron chi connectivity index (χ1n) is 8.55. The van der Waals surface area contributed by atoms with Gasteiger partial charge >= 0.3 is 0 Å². The Morgan fingerprint density at radius 1 is 1.16 bits per heavy atom. The van der Waals surface area contributed by atoms with E-state index in [-0.39, 0.29) is 11.9 Å². The van der Waals surface area contributed by atoms with Gasteiger partial charge in [0.1, 0.15) is 5.75 Å².